The minimum Gasteiger partial charge on any atom is -0.378 e. The highest BCUT2D eigenvalue weighted by molar-refractivity contribution is 6.29. The Labute approximate surface area is 304 Å². The number of ether oxygens (including phenoxy) is 1. The van der Waals surface area contributed by atoms with Crippen LogP contribution in [0.3, 0.4) is 0 Å². The molecule has 0 radical (unpaired) electrons. The molecule has 7 aliphatic rings. The van der Waals surface area contributed by atoms with Gasteiger partial charge in [0.25, 0.3) is 0 Å². The van der Waals surface area contributed by atoms with Crippen LogP contribution in [0.5, 0.6) is 0 Å². The molecule has 0 amide bonds. The van der Waals surface area contributed by atoms with Crippen LogP contribution in [0.1, 0.15) is 86.5 Å². The fourth-order valence-electron chi connectivity index (χ4n) is 9.33. The first-order chi connectivity index (χ1) is 24.8. The molecule has 2 aromatic rings. The number of likely N-dealkylation sites (tertiary alicyclic amines) is 2. The molecule has 4 aliphatic carbocycles. The molecular weight excluding hydrogens is 662 g/mol. The standard InChI is InChI=1S/C22H26N4O2.C18H18ClN3O/c23-14-18-19(27)12-16-15-24-20(25-8-10-28-11-9-25)13-17(16)21(18)26-6-4-22(5-7-26)2-1-3-22;19-16-9-13-12(11-21-16)8-15(23)14(10-20)17(13)22-6-4-18(5-7-22)2-1-3-18/h13,15H,1-12H2;9,11H,1-8H2. The third-order valence-corrected chi connectivity index (χ3v) is 13.0. The molecule has 0 N–H and O–H groups in total. The van der Waals surface area contributed by atoms with Crippen LogP contribution in [0.25, 0.3) is 11.4 Å². The lowest BCUT2D eigenvalue weighted by molar-refractivity contribution is -0.115. The number of hydrogen-bond acceptors (Lipinski definition) is 10. The molecule has 0 aromatic carbocycles. The van der Waals surface area contributed by atoms with Gasteiger partial charge in [0.05, 0.1) is 24.6 Å². The summed E-state index contributed by atoms with van der Waals surface area (Å²) in [5.41, 5.74) is 7.04. The van der Waals surface area contributed by atoms with Crippen LogP contribution < -0.4 is 4.90 Å². The summed E-state index contributed by atoms with van der Waals surface area (Å²) in [6.07, 6.45) is 16.7. The number of anilines is 1. The molecule has 11 heteroatoms. The Hall–Kier alpha value is -4.25. The Morgan fingerprint density at radius 2 is 1.12 bits per heavy atom. The van der Waals surface area contributed by atoms with E-state index in [0.29, 0.717) is 34.8 Å². The number of morpholine rings is 1. The van der Waals surface area contributed by atoms with Crippen LogP contribution in [-0.4, -0.2) is 83.8 Å². The van der Waals surface area contributed by atoms with Gasteiger partial charge in [-0.2, -0.15) is 10.5 Å². The molecule has 2 saturated carbocycles. The number of nitrogens with zero attached hydrogens (tertiary/aromatic N) is 7. The maximum Gasteiger partial charge on any atom is 0.179 e. The third kappa shape index (κ3) is 6.32. The smallest absolute Gasteiger partial charge is 0.179 e. The van der Waals surface area contributed by atoms with E-state index in [9.17, 15) is 20.1 Å². The van der Waals surface area contributed by atoms with Crippen molar-refractivity contribution in [1.29, 1.82) is 10.5 Å². The minimum atomic E-state index is -0.108. The molecule has 0 bridgehead atoms. The first-order valence-electron chi connectivity index (χ1n) is 18.6. The summed E-state index contributed by atoms with van der Waals surface area (Å²) in [5, 5.41) is 19.7. The molecule has 51 heavy (non-hydrogen) atoms. The number of carbonyl (C=O) groups excluding carboxylic acids is 2. The zero-order valence-electron chi connectivity index (χ0n) is 29.2. The lowest BCUT2D eigenvalue weighted by Crippen LogP contribution is -2.43. The van der Waals surface area contributed by atoms with E-state index in [1.807, 2.05) is 6.20 Å². The highest BCUT2D eigenvalue weighted by atomic mass is 35.5. The van der Waals surface area contributed by atoms with Crippen molar-refractivity contribution in [1.82, 2.24) is 19.8 Å². The zero-order valence-corrected chi connectivity index (χ0v) is 29.9. The van der Waals surface area contributed by atoms with Crippen molar-refractivity contribution in [3.05, 3.63) is 63.1 Å². The molecule has 3 aliphatic heterocycles. The summed E-state index contributed by atoms with van der Waals surface area (Å²) in [4.78, 5) is 40.5. The van der Waals surface area contributed by atoms with Gasteiger partial charge < -0.3 is 19.4 Å². The van der Waals surface area contributed by atoms with Gasteiger partial charge >= 0.3 is 0 Å². The van der Waals surface area contributed by atoms with E-state index in [-0.39, 0.29) is 30.0 Å². The Morgan fingerprint density at radius 1 is 0.647 bits per heavy atom. The number of hydrogen-bond donors (Lipinski definition) is 0. The number of carbonyl (C=O) groups is 2. The highest BCUT2D eigenvalue weighted by Crippen LogP contribution is 2.51. The van der Waals surface area contributed by atoms with E-state index in [2.05, 4.69) is 42.9 Å². The molecule has 0 atom stereocenters. The number of nitriles is 2. The SMILES string of the molecule is N#CC1=C(N2CCC3(CCC3)CC2)c2cc(Cl)ncc2CC1=O.N#CC1=C(N2CCC3(CCC3)CC2)c2cc(N3CCOCC3)ncc2CC1=O. The molecule has 2 spiro atoms. The molecule has 264 valence electrons. The van der Waals surface area contributed by atoms with Gasteiger partial charge in [-0.05, 0) is 85.5 Å². The second-order valence-electron chi connectivity index (χ2n) is 15.5. The Bertz CT molecular complexity index is 1890. The normalized spacial score (nSPS) is 23.4. The van der Waals surface area contributed by atoms with Gasteiger partial charge in [0, 0.05) is 75.6 Å². The Kier molecular flexibility index (Phi) is 9.10. The molecule has 10 nitrogen and oxygen atoms in total. The average Bonchev–Trinajstić information content (AvgIpc) is 3.13. The number of halogens is 1. The summed E-state index contributed by atoms with van der Waals surface area (Å²) in [6, 6.07) is 8.25. The van der Waals surface area contributed by atoms with E-state index in [1.54, 1.807) is 12.3 Å². The first kappa shape index (κ1) is 33.9. The second-order valence-corrected chi connectivity index (χ2v) is 15.9. The molecule has 3 saturated heterocycles. The fraction of sp³-hybridized carbons (Fsp3) is 0.550. The topological polar surface area (TPSA) is 126 Å². The summed E-state index contributed by atoms with van der Waals surface area (Å²) in [5.74, 6) is 0.733. The van der Waals surface area contributed by atoms with Gasteiger partial charge in [-0.25, -0.2) is 9.97 Å². The summed E-state index contributed by atoms with van der Waals surface area (Å²) in [6.45, 7) is 6.74. The van der Waals surface area contributed by atoms with Crippen LogP contribution in [0.2, 0.25) is 5.15 Å². The largest absolute Gasteiger partial charge is 0.378 e. The fourth-order valence-corrected chi connectivity index (χ4v) is 9.48. The van der Waals surface area contributed by atoms with Crippen molar-refractivity contribution >= 4 is 40.4 Å². The van der Waals surface area contributed by atoms with Gasteiger partial charge in [-0.1, -0.05) is 24.4 Å². The minimum absolute atomic E-state index is 0.0742. The first-order valence-corrected chi connectivity index (χ1v) is 19.0. The second kappa shape index (κ2) is 13.7. The number of Topliss-reactive ketones (excluding diaryl/α,β-unsaturated/α-hetero) is 2. The highest BCUT2D eigenvalue weighted by Gasteiger charge is 2.43. The van der Waals surface area contributed by atoms with Crippen LogP contribution in [-0.2, 0) is 27.2 Å². The lowest BCUT2D eigenvalue weighted by Gasteiger charge is -2.49. The lowest BCUT2D eigenvalue weighted by atomic mass is 9.63. The van der Waals surface area contributed by atoms with E-state index in [4.69, 9.17) is 16.3 Å². The van der Waals surface area contributed by atoms with Crippen LogP contribution in [0.15, 0.2) is 35.7 Å². The summed E-state index contributed by atoms with van der Waals surface area (Å²) >= 11 is 6.07. The van der Waals surface area contributed by atoms with Gasteiger partial charge in [-0.3, -0.25) is 9.59 Å². The van der Waals surface area contributed by atoms with Gasteiger partial charge in [0.1, 0.15) is 34.3 Å². The Morgan fingerprint density at radius 3 is 1.57 bits per heavy atom. The number of aromatic nitrogens is 2. The number of allylic oxidation sites excluding steroid dienone is 2. The molecule has 0 unspecified atom stereocenters. The number of rotatable bonds is 3. The van der Waals surface area contributed by atoms with Crippen LogP contribution in [0, 0.1) is 33.5 Å². The average molecular weight is 706 g/mol. The van der Waals surface area contributed by atoms with Gasteiger partial charge in [0.2, 0.25) is 0 Å². The van der Waals surface area contributed by atoms with Crippen molar-refractivity contribution in [2.75, 3.05) is 57.4 Å². The third-order valence-electron chi connectivity index (χ3n) is 12.8. The maximum atomic E-state index is 12.7. The van der Waals surface area contributed by atoms with Crippen molar-refractivity contribution in [3.63, 3.8) is 0 Å². The molecule has 2 aromatic heterocycles. The monoisotopic (exact) mass is 705 g/mol. The van der Waals surface area contributed by atoms with E-state index in [0.717, 1.165) is 91.6 Å². The van der Waals surface area contributed by atoms with Crippen molar-refractivity contribution in [3.8, 4) is 12.1 Å². The molecule has 5 heterocycles. The molecule has 5 fully saturated rings. The summed E-state index contributed by atoms with van der Waals surface area (Å²) < 4.78 is 5.46. The van der Waals surface area contributed by atoms with Crippen molar-refractivity contribution in [2.45, 2.75) is 77.0 Å². The van der Waals surface area contributed by atoms with Crippen molar-refractivity contribution in [2.24, 2.45) is 10.8 Å². The predicted octanol–water partition coefficient (Wildman–Crippen LogP) is 5.91. The predicted molar refractivity (Wildman–Crippen MR) is 193 cm³/mol. The molecule has 9 rings (SSSR count). The van der Waals surface area contributed by atoms with E-state index < -0.39 is 0 Å². The zero-order chi connectivity index (χ0) is 35.2. The van der Waals surface area contributed by atoms with Crippen molar-refractivity contribution < 1.29 is 14.3 Å². The molecular formula is C40H44ClN7O3. The number of pyridine rings is 2. The van der Waals surface area contributed by atoms with Gasteiger partial charge in [-0.15, -0.1) is 0 Å². The Balaban J connectivity index is 0.000000150. The van der Waals surface area contributed by atoms with Crippen LogP contribution in [0.4, 0.5) is 5.82 Å². The van der Waals surface area contributed by atoms with E-state index in [1.165, 1.54) is 51.4 Å². The maximum absolute atomic E-state index is 12.7. The van der Waals surface area contributed by atoms with E-state index >= 15 is 0 Å². The number of fused-ring (bicyclic) bond motifs is 2. The quantitative estimate of drug-likeness (QED) is 0.356. The van der Waals surface area contributed by atoms with Crippen LogP contribution >= 0.6 is 11.6 Å². The summed E-state index contributed by atoms with van der Waals surface area (Å²) in [7, 11) is 0. The van der Waals surface area contributed by atoms with Gasteiger partial charge in [0.15, 0.2) is 11.6 Å². The number of piperidine rings is 2. The number of ketones is 2.